The molecule has 0 aliphatic heterocycles. The van der Waals surface area contributed by atoms with E-state index in [2.05, 4.69) is 10.6 Å². The molecule has 1 fully saturated rings. The molecular weight excluding hydrogens is 350 g/mol. The fraction of sp³-hybridized carbons (Fsp3) is 0.391. The quantitative estimate of drug-likeness (QED) is 0.760. The van der Waals surface area contributed by atoms with Crippen LogP contribution in [0.5, 0.6) is 0 Å². The van der Waals surface area contributed by atoms with E-state index in [0.717, 1.165) is 43.5 Å². The highest BCUT2D eigenvalue weighted by Gasteiger charge is 2.20. The van der Waals surface area contributed by atoms with Gasteiger partial charge in [0.15, 0.2) is 0 Å². The first-order valence-corrected chi connectivity index (χ1v) is 10.1. The second kappa shape index (κ2) is 9.40. The molecule has 3 rings (SSSR count). The highest BCUT2D eigenvalue weighted by Crippen LogP contribution is 2.21. The molecule has 1 aliphatic carbocycles. The summed E-state index contributed by atoms with van der Waals surface area (Å²) in [5, 5.41) is 6.02. The zero-order chi connectivity index (χ0) is 19.9. The minimum absolute atomic E-state index is 0.117. The first-order valence-electron chi connectivity index (χ1n) is 10.1. The van der Waals surface area contributed by atoms with Crippen LogP contribution < -0.4 is 15.5 Å². The van der Waals surface area contributed by atoms with Gasteiger partial charge >= 0.3 is 0 Å². The van der Waals surface area contributed by atoms with Gasteiger partial charge < -0.3 is 15.5 Å². The molecule has 0 spiro atoms. The van der Waals surface area contributed by atoms with Crippen molar-refractivity contribution >= 4 is 23.2 Å². The van der Waals surface area contributed by atoms with Crippen molar-refractivity contribution in [2.24, 2.45) is 0 Å². The number of likely N-dealkylation sites (N-methyl/N-ethyl adjacent to an activating group) is 1. The van der Waals surface area contributed by atoms with Crippen LogP contribution in [0, 0.1) is 6.92 Å². The molecule has 148 valence electrons. The normalized spacial score (nSPS) is 13.9. The summed E-state index contributed by atoms with van der Waals surface area (Å²) in [6, 6.07) is 15.5. The van der Waals surface area contributed by atoms with E-state index in [4.69, 9.17) is 0 Å². The summed E-state index contributed by atoms with van der Waals surface area (Å²) in [5.41, 5.74) is 3.26. The van der Waals surface area contributed by atoms with Gasteiger partial charge in [-0.25, -0.2) is 0 Å². The molecule has 0 unspecified atom stereocenters. The summed E-state index contributed by atoms with van der Waals surface area (Å²) in [6.07, 6.45) is 4.38. The minimum atomic E-state index is -0.133. The largest absolute Gasteiger partial charge is 0.362 e. The standard InChI is InChI=1S/C23H29N3O2/c1-3-26(21-15-9-4-10-17(21)2)16-22(27)25-20-14-8-7-13-19(20)23(28)24-18-11-5-6-12-18/h4,7-10,13-15,18H,3,5-6,11-12,16H2,1-2H3,(H,24,28)(H,25,27). The Kier molecular flexibility index (Phi) is 6.69. The Morgan fingerprint density at radius 2 is 1.71 bits per heavy atom. The molecule has 2 aromatic carbocycles. The van der Waals surface area contributed by atoms with E-state index in [1.165, 1.54) is 0 Å². The summed E-state index contributed by atoms with van der Waals surface area (Å²) in [7, 11) is 0. The maximum Gasteiger partial charge on any atom is 0.253 e. The van der Waals surface area contributed by atoms with Gasteiger partial charge in [0.05, 0.1) is 17.8 Å². The Bertz CT molecular complexity index is 828. The summed E-state index contributed by atoms with van der Waals surface area (Å²) in [4.78, 5) is 27.4. The molecule has 0 heterocycles. The third-order valence-corrected chi connectivity index (χ3v) is 5.31. The predicted molar refractivity (Wildman–Crippen MR) is 114 cm³/mol. The van der Waals surface area contributed by atoms with Gasteiger partial charge in [-0.15, -0.1) is 0 Å². The van der Waals surface area contributed by atoms with Gasteiger partial charge in [-0.2, -0.15) is 0 Å². The van der Waals surface area contributed by atoms with Crippen LogP contribution in [0.1, 0.15) is 48.5 Å². The number of benzene rings is 2. The molecule has 1 aliphatic rings. The number of anilines is 2. The van der Waals surface area contributed by atoms with Crippen LogP contribution in [0.25, 0.3) is 0 Å². The van der Waals surface area contributed by atoms with Gasteiger partial charge in [0, 0.05) is 18.3 Å². The molecule has 5 heteroatoms. The number of carbonyl (C=O) groups is 2. The average molecular weight is 380 g/mol. The monoisotopic (exact) mass is 379 g/mol. The lowest BCUT2D eigenvalue weighted by atomic mass is 10.1. The van der Waals surface area contributed by atoms with E-state index >= 15 is 0 Å². The lowest BCUT2D eigenvalue weighted by Crippen LogP contribution is -2.35. The Balaban J connectivity index is 1.68. The SMILES string of the molecule is CCN(CC(=O)Nc1ccccc1C(=O)NC1CCCC1)c1ccccc1C. The predicted octanol–water partition coefficient (Wildman–Crippen LogP) is 4.13. The summed E-state index contributed by atoms with van der Waals surface area (Å²) in [5.74, 6) is -0.250. The average Bonchev–Trinajstić information content (AvgIpc) is 3.20. The molecule has 2 amide bonds. The van der Waals surface area contributed by atoms with Crippen molar-refractivity contribution in [3.05, 3.63) is 59.7 Å². The second-order valence-electron chi connectivity index (χ2n) is 7.35. The smallest absolute Gasteiger partial charge is 0.253 e. The van der Waals surface area contributed by atoms with Crippen LogP contribution >= 0.6 is 0 Å². The number of para-hydroxylation sites is 2. The molecule has 28 heavy (non-hydrogen) atoms. The summed E-state index contributed by atoms with van der Waals surface area (Å²) < 4.78 is 0. The third-order valence-electron chi connectivity index (χ3n) is 5.31. The maximum atomic E-state index is 12.7. The number of hydrogen-bond donors (Lipinski definition) is 2. The molecule has 5 nitrogen and oxygen atoms in total. The van der Waals surface area contributed by atoms with E-state index in [1.807, 2.05) is 55.1 Å². The Morgan fingerprint density at radius 1 is 1.04 bits per heavy atom. The first-order chi connectivity index (χ1) is 13.6. The van der Waals surface area contributed by atoms with E-state index in [-0.39, 0.29) is 24.4 Å². The van der Waals surface area contributed by atoms with Crippen molar-refractivity contribution in [1.82, 2.24) is 5.32 Å². The van der Waals surface area contributed by atoms with Crippen molar-refractivity contribution in [1.29, 1.82) is 0 Å². The van der Waals surface area contributed by atoms with Crippen LogP contribution in [0.4, 0.5) is 11.4 Å². The van der Waals surface area contributed by atoms with Crippen LogP contribution in [0.15, 0.2) is 48.5 Å². The third kappa shape index (κ3) is 4.91. The lowest BCUT2D eigenvalue weighted by Gasteiger charge is -2.24. The van der Waals surface area contributed by atoms with Crippen molar-refractivity contribution in [2.45, 2.75) is 45.6 Å². The Labute approximate surface area is 167 Å². The van der Waals surface area contributed by atoms with Crippen LogP contribution in [-0.4, -0.2) is 30.9 Å². The van der Waals surface area contributed by atoms with Crippen molar-refractivity contribution < 1.29 is 9.59 Å². The number of rotatable bonds is 7. The van der Waals surface area contributed by atoms with Crippen molar-refractivity contribution in [3.8, 4) is 0 Å². The number of carbonyl (C=O) groups excluding carboxylic acids is 2. The lowest BCUT2D eigenvalue weighted by molar-refractivity contribution is -0.115. The minimum Gasteiger partial charge on any atom is -0.362 e. The molecule has 1 saturated carbocycles. The second-order valence-corrected chi connectivity index (χ2v) is 7.35. The molecule has 2 aromatic rings. The molecule has 0 bridgehead atoms. The topological polar surface area (TPSA) is 61.4 Å². The van der Waals surface area contributed by atoms with Gasteiger partial charge in [-0.05, 0) is 50.5 Å². The molecule has 0 atom stereocenters. The van der Waals surface area contributed by atoms with Gasteiger partial charge in [-0.1, -0.05) is 43.2 Å². The van der Waals surface area contributed by atoms with E-state index in [9.17, 15) is 9.59 Å². The number of nitrogens with one attached hydrogen (secondary N) is 2. The van der Waals surface area contributed by atoms with E-state index < -0.39 is 0 Å². The van der Waals surface area contributed by atoms with Gasteiger partial charge in [0.25, 0.3) is 5.91 Å². The van der Waals surface area contributed by atoms with Crippen LogP contribution in [0.2, 0.25) is 0 Å². The van der Waals surface area contributed by atoms with Gasteiger partial charge in [0.1, 0.15) is 0 Å². The maximum absolute atomic E-state index is 12.7. The van der Waals surface area contributed by atoms with Crippen molar-refractivity contribution in [2.75, 3.05) is 23.3 Å². The number of amides is 2. The number of nitrogens with zero attached hydrogens (tertiary/aromatic N) is 1. The fourth-order valence-electron chi connectivity index (χ4n) is 3.77. The highest BCUT2D eigenvalue weighted by molar-refractivity contribution is 6.04. The number of hydrogen-bond acceptors (Lipinski definition) is 3. The summed E-state index contributed by atoms with van der Waals surface area (Å²) in [6.45, 7) is 5.03. The highest BCUT2D eigenvalue weighted by atomic mass is 16.2. The summed E-state index contributed by atoms with van der Waals surface area (Å²) >= 11 is 0. The number of aryl methyl sites for hydroxylation is 1. The van der Waals surface area contributed by atoms with Crippen molar-refractivity contribution in [3.63, 3.8) is 0 Å². The van der Waals surface area contributed by atoms with Gasteiger partial charge in [-0.3, -0.25) is 9.59 Å². The zero-order valence-corrected chi connectivity index (χ0v) is 16.7. The molecule has 0 saturated heterocycles. The molecule has 0 aromatic heterocycles. The molecule has 2 N–H and O–H groups in total. The van der Waals surface area contributed by atoms with E-state index in [0.29, 0.717) is 11.3 Å². The van der Waals surface area contributed by atoms with Crippen LogP contribution in [-0.2, 0) is 4.79 Å². The Morgan fingerprint density at radius 3 is 2.43 bits per heavy atom. The molecular formula is C23H29N3O2. The molecule has 0 radical (unpaired) electrons. The van der Waals surface area contributed by atoms with E-state index in [1.54, 1.807) is 12.1 Å². The van der Waals surface area contributed by atoms with Gasteiger partial charge in [0.2, 0.25) is 5.91 Å². The Hall–Kier alpha value is -2.82. The van der Waals surface area contributed by atoms with Crippen LogP contribution in [0.3, 0.4) is 0 Å². The zero-order valence-electron chi connectivity index (χ0n) is 16.7. The fourth-order valence-corrected chi connectivity index (χ4v) is 3.77. The first kappa shape index (κ1) is 19.9.